The normalized spacial score (nSPS) is 11.4. The predicted octanol–water partition coefficient (Wildman–Crippen LogP) is 8.73. The van der Waals surface area contributed by atoms with E-state index in [1.807, 2.05) is 0 Å². The SMILES string of the molecule is CCCCCCCCCCCCCCCCCCc1ccc([S+](C)C)cc1. The van der Waals surface area contributed by atoms with Crippen molar-refractivity contribution < 1.29 is 0 Å². The summed E-state index contributed by atoms with van der Waals surface area (Å²) in [7, 11) is 0.395. The Balaban J connectivity index is 1.80. The first-order valence-corrected chi connectivity index (χ1v) is 13.9. The van der Waals surface area contributed by atoms with E-state index in [0.29, 0.717) is 10.9 Å². The summed E-state index contributed by atoms with van der Waals surface area (Å²) in [6.45, 7) is 2.30. The Hall–Kier alpha value is -0.430. The lowest BCUT2D eigenvalue weighted by molar-refractivity contribution is 0.529. The third-order valence-corrected chi connectivity index (χ3v) is 6.93. The molecule has 0 nitrogen and oxygen atoms in total. The van der Waals surface area contributed by atoms with Crippen molar-refractivity contribution in [2.45, 2.75) is 121 Å². The van der Waals surface area contributed by atoms with Crippen LogP contribution >= 0.6 is 0 Å². The van der Waals surface area contributed by atoms with Crippen LogP contribution in [0.15, 0.2) is 29.2 Å². The minimum Gasteiger partial charge on any atom is -0.0654 e. The van der Waals surface area contributed by atoms with Crippen molar-refractivity contribution >= 4 is 10.9 Å². The van der Waals surface area contributed by atoms with Gasteiger partial charge in [-0.05, 0) is 30.5 Å². The monoisotopic (exact) mass is 391 g/mol. The third-order valence-electron chi connectivity index (χ3n) is 5.71. The fourth-order valence-electron chi connectivity index (χ4n) is 3.81. The van der Waals surface area contributed by atoms with Crippen molar-refractivity contribution in [3.8, 4) is 0 Å². The molecule has 1 heteroatoms. The van der Waals surface area contributed by atoms with Crippen LogP contribution in [0, 0.1) is 0 Å². The maximum atomic E-state index is 2.34. The summed E-state index contributed by atoms with van der Waals surface area (Å²) < 4.78 is 0. The fourth-order valence-corrected chi connectivity index (χ4v) is 4.49. The van der Waals surface area contributed by atoms with E-state index < -0.39 is 0 Å². The zero-order chi connectivity index (χ0) is 19.6. The lowest BCUT2D eigenvalue weighted by Gasteiger charge is -2.04. The van der Waals surface area contributed by atoms with Crippen LogP contribution in [0.2, 0.25) is 0 Å². The van der Waals surface area contributed by atoms with E-state index >= 15 is 0 Å². The predicted molar refractivity (Wildman–Crippen MR) is 127 cm³/mol. The lowest BCUT2D eigenvalue weighted by Crippen LogP contribution is -1.95. The summed E-state index contributed by atoms with van der Waals surface area (Å²) in [6.07, 6.45) is 29.0. The summed E-state index contributed by atoms with van der Waals surface area (Å²) in [5.74, 6) is 0. The summed E-state index contributed by atoms with van der Waals surface area (Å²) in [5.41, 5.74) is 1.52. The Labute approximate surface area is 174 Å². The standard InChI is InChI=1S/C26H47S/c1-4-5-6-7-8-9-10-11-12-13-14-15-16-17-18-19-20-25-21-23-26(24-22-25)27(2)3/h21-24H,4-20H2,1-3H3/q+1. The molecule has 1 aromatic carbocycles. The molecule has 0 heterocycles. The average molecular weight is 392 g/mol. The highest BCUT2D eigenvalue weighted by molar-refractivity contribution is 7.95. The van der Waals surface area contributed by atoms with Gasteiger partial charge in [-0.1, -0.05) is 115 Å². The molecule has 0 fully saturated rings. The average Bonchev–Trinajstić information content (AvgIpc) is 2.68. The maximum Gasteiger partial charge on any atom is 0.154 e. The largest absolute Gasteiger partial charge is 0.154 e. The minimum absolute atomic E-state index is 0.395. The molecule has 0 aliphatic rings. The van der Waals surface area contributed by atoms with Crippen LogP contribution < -0.4 is 0 Å². The molecule has 0 aliphatic heterocycles. The second-order valence-corrected chi connectivity index (χ2v) is 10.6. The molecular formula is C26H47S+. The van der Waals surface area contributed by atoms with Crippen LogP contribution in [0.25, 0.3) is 0 Å². The molecule has 0 N–H and O–H groups in total. The van der Waals surface area contributed by atoms with Crippen LogP contribution in [0.1, 0.15) is 115 Å². The highest BCUT2D eigenvalue weighted by atomic mass is 32.2. The number of unbranched alkanes of at least 4 members (excludes halogenated alkanes) is 15. The van der Waals surface area contributed by atoms with Crippen LogP contribution in [0.4, 0.5) is 0 Å². The van der Waals surface area contributed by atoms with Crippen molar-refractivity contribution in [1.29, 1.82) is 0 Å². The van der Waals surface area contributed by atoms with E-state index in [1.165, 1.54) is 120 Å². The van der Waals surface area contributed by atoms with E-state index in [-0.39, 0.29) is 0 Å². The van der Waals surface area contributed by atoms with Gasteiger partial charge in [0, 0.05) is 10.9 Å². The number of rotatable bonds is 18. The quantitative estimate of drug-likeness (QED) is 0.173. The molecular weight excluding hydrogens is 344 g/mol. The first kappa shape index (κ1) is 24.6. The minimum atomic E-state index is 0.395. The molecule has 156 valence electrons. The van der Waals surface area contributed by atoms with Gasteiger partial charge < -0.3 is 0 Å². The first-order chi connectivity index (χ1) is 13.2. The summed E-state index contributed by atoms with van der Waals surface area (Å²) in [6, 6.07) is 9.33. The van der Waals surface area contributed by atoms with Gasteiger partial charge in [-0.3, -0.25) is 0 Å². The number of hydrogen-bond acceptors (Lipinski definition) is 0. The number of benzene rings is 1. The Morgan fingerprint density at radius 2 is 0.889 bits per heavy atom. The van der Waals surface area contributed by atoms with Gasteiger partial charge in [-0.15, -0.1) is 0 Å². The smallest absolute Gasteiger partial charge is 0.0654 e. The van der Waals surface area contributed by atoms with E-state index in [1.54, 1.807) is 0 Å². The molecule has 0 bridgehead atoms. The molecule has 0 amide bonds. The highest BCUT2D eigenvalue weighted by Crippen LogP contribution is 2.15. The fraction of sp³-hybridized carbons (Fsp3) is 0.769. The molecule has 0 saturated heterocycles. The zero-order valence-corrected chi connectivity index (χ0v) is 19.6. The van der Waals surface area contributed by atoms with Crippen LogP contribution in [0.5, 0.6) is 0 Å². The van der Waals surface area contributed by atoms with Crippen LogP contribution in [-0.2, 0) is 17.3 Å². The van der Waals surface area contributed by atoms with E-state index in [9.17, 15) is 0 Å². The Morgan fingerprint density at radius 3 is 1.26 bits per heavy atom. The van der Waals surface area contributed by atoms with Gasteiger partial charge in [0.1, 0.15) is 12.5 Å². The molecule has 0 atom stereocenters. The third kappa shape index (κ3) is 14.3. The topological polar surface area (TPSA) is 0 Å². The lowest BCUT2D eigenvalue weighted by atomic mass is 10.0. The van der Waals surface area contributed by atoms with Gasteiger partial charge in [0.2, 0.25) is 0 Å². The van der Waals surface area contributed by atoms with Gasteiger partial charge >= 0.3 is 0 Å². The van der Waals surface area contributed by atoms with Gasteiger partial charge in [-0.2, -0.15) is 0 Å². The van der Waals surface area contributed by atoms with Crippen LogP contribution in [-0.4, -0.2) is 12.5 Å². The molecule has 0 aromatic heterocycles. The van der Waals surface area contributed by atoms with Gasteiger partial charge in [0.25, 0.3) is 0 Å². The van der Waals surface area contributed by atoms with Crippen molar-refractivity contribution in [3.63, 3.8) is 0 Å². The summed E-state index contributed by atoms with van der Waals surface area (Å²) in [4.78, 5) is 1.49. The Kier molecular flexibility index (Phi) is 16.1. The van der Waals surface area contributed by atoms with Gasteiger partial charge in [-0.25, -0.2) is 0 Å². The Bertz CT molecular complexity index is 420. The van der Waals surface area contributed by atoms with E-state index in [0.717, 1.165) is 0 Å². The molecule has 0 saturated carbocycles. The molecule has 27 heavy (non-hydrogen) atoms. The maximum absolute atomic E-state index is 2.34. The Morgan fingerprint density at radius 1 is 0.519 bits per heavy atom. The highest BCUT2D eigenvalue weighted by Gasteiger charge is 2.06. The van der Waals surface area contributed by atoms with Gasteiger partial charge in [0.05, 0.1) is 0 Å². The molecule has 0 spiro atoms. The second kappa shape index (κ2) is 17.7. The second-order valence-electron chi connectivity index (χ2n) is 8.51. The zero-order valence-electron chi connectivity index (χ0n) is 18.7. The molecule has 1 aromatic rings. The van der Waals surface area contributed by atoms with Gasteiger partial charge in [0.15, 0.2) is 4.90 Å². The van der Waals surface area contributed by atoms with E-state index in [2.05, 4.69) is 43.7 Å². The van der Waals surface area contributed by atoms with E-state index in [4.69, 9.17) is 0 Å². The first-order valence-electron chi connectivity index (χ1n) is 11.9. The number of aryl methyl sites for hydroxylation is 1. The van der Waals surface area contributed by atoms with Crippen molar-refractivity contribution in [2.75, 3.05) is 12.5 Å². The van der Waals surface area contributed by atoms with Crippen molar-refractivity contribution in [1.82, 2.24) is 0 Å². The molecule has 0 radical (unpaired) electrons. The van der Waals surface area contributed by atoms with Crippen LogP contribution in [0.3, 0.4) is 0 Å². The summed E-state index contributed by atoms with van der Waals surface area (Å²) >= 11 is 0. The van der Waals surface area contributed by atoms with Crippen molar-refractivity contribution in [3.05, 3.63) is 29.8 Å². The molecule has 1 rings (SSSR count). The number of hydrogen-bond donors (Lipinski definition) is 0. The molecule has 0 aliphatic carbocycles. The molecule has 0 unspecified atom stereocenters. The summed E-state index contributed by atoms with van der Waals surface area (Å²) in [5, 5.41) is 0. The van der Waals surface area contributed by atoms with Crippen molar-refractivity contribution in [2.24, 2.45) is 0 Å².